The molecule has 0 saturated carbocycles. The first-order valence-electron chi connectivity index (χ1n) is 10.1. The van der Waals surface area contributed by atoms with Crippen LogP contribution in [-0.4, -0.2) is 15.8 Å². The van der Waals surface area contributed by atoms with Crippen molar-refractivity contribution in [3.8, 4) is 17.2 Å². The average molecular weight is 440 g/mol. The van der Waals surface area contributed by atoms with Crippen molar-refractivity contribution in [3.05, 3.63) is 90.0 Å². The standard InChI is InChI=1S/C24H25O6P/c1-2-3-9-23(18-10-14-20(25)15-11-18)24(26)19-12-16-22(17-13-19)30-31(27,28)29-21-7-5-4-6-8-21/h4-8,10-17,23,25H,2-3,9H2,1H3,(H,27,28). The molecular weight excluding hydrogens is 415 g/mol. The molecule has 0 radical (unpaired) electrons. The maximum absolute atomic E-state index is 13.1. The maximum atomic E-state index is 13.1. The molecular formula is C24H25O6P. The molecule has 0 aliphatic carbocycles. The molecule has 3 rings (SSSR count). The number of rotatable bonds is 10. The van der Waals surface area contributed by atoms with Crippen LogP contribution in [0, 0.1) is 0 Å². The van der Waals surface area contributed by atoms with Gasteiger partial charge in [-0.05, 0) is 60.5 Å². The molecule has 0 aliphatic rings. The zero-order chi connectivity index (χ0) is 22.3. The highest BCUT2D eigenvalue weighted by molar-refractivity contribution is 7.48. The van der Waals surface area contributed by atoms with E-state index in [1.54, 1.807) is 66.7 Å². The number of carbonyl (C=O) groups is 1. The third-order valence-corrected chi connectivity index (χ3v) is 5.66. The Morgan fingerprint density at radius 1 is 0.903 bits per heavy atom. The Morgan fingerprint density at radius 2 is 1.48 bits per heavy atom. The largest absolute Gasteiger partial charge is 0.584 e. The fraction of sp³-hybridized carbons (Fsp3) is 0.208. The minimum Gasteiger partial charge on any atom is -0.508 e. The molecule has 2 unspecified atom stereocenters. The number of unbranched alkanes of at least 4 members (excludes halogenated alkanes) is 1. The van der Waals surface area contributed by atoms with Gasteiger partial charge in [-0.3, -0.25) is 9.69 Å². The monoisotopic (exact) mass is 440 g/mol. The van der Waals surface area contributed by atoms with Crippen molar-refractivity contribution < 1.29 is 28.4 Å². The number of aromatic hydroxyl groups is 1. The van der Waals surface area contributed by atoms with Crippen molar-refractivity contribution in [1.29, 1.82) is 0 Å². The van der Waals surface area contributed by atoms with Crippen LogP contribution in [0.4, 0.5) is 0 Å². The summed E-state index contributed by atoms with van der Waals surface area (Å²) in [5, 5.41) is 9.53. The number of phosphoric acid groups is 1. The summed E-state index contributed by atoms with van der Waals surface area (Å²) in [7, 11) is -4.37. The molecule has 0 fully saturated rings. The van der Waals surface area contributed by atoms with Crippen molar-refractivity contribution in [1.82, 2.24) is 0 Å². The topological polar surface area (TPSA) is 93.1 Å². The van der Waals surface area contributed by atoms with Crippen molar-refractivity contribution in [2.45, 2.75) is 32.1 Å². The van der Waals surface area contributed by atoms with Gasteiger partial charge in [-0.15, -0.1) is 0 Å². The Labute approximate surface area is 181 Å². The van der Waals surface area contributed by atoms with Crippen LogP contribution in [-0.2, 0) is 4.57 Å². The number of hydrogen-bond acceptors (Lipinski definition) is 5. The van der Waals surface area contributed by atoms with E-state index in [-0.39, 0.29) is 28.9 Å². The van der Waals surface area contributed by atoms with Crippen molar-refractivity contribution in [2.75, 3.05) is 0 Å². The van der Waals surface area contributed by atoms with Crippen LogP contribution in [0.2, 0.25) is 0 Å². The second-order valence-corrected chi connectivity index (χ2v) is 8.44. The SMILES string of the molecule is CCCCC(C(=O)c1ccc(OP(=O)(O)Oc2ccccc2)cc1)c1ccc(O)cc1. The Hall–Kier alpha value is -3.08. The zero-order valence-electron chi connectivity index (χ0n) is 17.2. The second kappa shape index (κ2) is 10.3. The van der Waals surface area contributed by atoms with Crippen LogP contribution < -0.4 is 9.05 Å². The molecule has 0 aromatic heterocycles. The van der Waals surface area contributed by atoms with Crippen LogP contribution in [0.3, 0.4) is 0 Å². The fourth-order valence-corrected chi connectivity index (χ4v) is 4.03. The van der Waals surface area contributed by atoms with Gasteiger partial charge in [-0.2, -0.15) is 0 Å². The Morgan fingerprint density at radius 3 is 2.06 bits per heavy atom. The molecule has 0 saturated heterocycles. The van der Waals surface area contributed by atoms with Crippen LogP contribution in [0.15, 0.2) is 78.9 Å². The van der Waals surface area contributed by atoms with Gasteiger partial charge in [0, 0.05) is 11.5 Å². The van der Waals surface area contributed by atoms with Crippen molar-refractivity contribution >= 4 is 13.6 Å². The number of ketones is 1. The Bertz CT molecular complexity index is 1030. The lowest BCUT2D eigenvalue weighted by Crippen LogP contribution is -2.13. The van der Waals surface area contributed by atoms with Gasteiger partial charge in [0.15, 0.2) is 5.78 Å². The lowest BCUT2D eigenvalue weighted by molar-refractivity contribution is 0.0954. The highest BCUT2D eigenvalue weighted by Gasteiger charge is 2.26. The summed E-state index contributed by atoms with van der Waals surface area (Å²) >= 11 is 0. The first kappa shape index (κ1) is 22.6. The molecule has 7 heteroatoms. The van der Waals surface area contributed by atoms with Gasteiger partial charge >= 0.3 is 7.82 Å². The number of phenolic OH excluding ortho intramolecular Hbond substituents is 1. The van der Waals surface area contributed by atoms with E-state index in [1.807, 2.05) is 0 Å². The maximum Gasteiger partial charge on any atom is 0.584 e. The molecule has 6 nitrogen and oxygen atoms in total. The number of phenols is 1. The van der Waals surface area contributed by atoms with Gasteiger partial charge in [-0.1, -0.05) is 50.1 Å². The minimum atomic E-state index is -4.37. The lowest BCUT2D eigenvalue weighted by Gasteiger charge is -2.17. The molecule has 0 aliphatic heterocycles. The summed E-state index contributed by atoms with van der Waals surface area (Å²) in [6, 6.07) is 21.0. The summed E-state index contributed by atoms with van der Waals surface area (Å²) in [5.41, 5.74) is 1.31. The molecule has 0 amide bonds. The summed E-state index contributed by atoms with van der Waals surface area (Å²) in [5.74, 6) is 0.0926. The summed E-state index contributed by atoms with van der Waals surface area (Å²) in [4.78, 5) is 23.1. The van der Waals surface area contributed by atoms with Crippen LogP contribution in [0.5, 0.6) is 17.2 Å². The summed E-state index contributed by atoms with van der Waals surface area (Å²) in [6.45, 7) is 2.06. The molecule has 2 N–H and O–H groups in total. The van der Waals surface area contributed by atoms with Gasteiger partial charge in [0.05, 0.1) is 0 Å². The highest BCUT2D eigenvalue weighted by Crippen LogP contribution is 2.44. The number of para-hydroxylation sites is 1. The number of benzene rings is 3. The van der Waals surface area contributed by atoms with Gasteiger partial charge in [-0.25, -0.2) is 4.57 Å². The highest BCUT2D eigenvalue weighted by atomic mass is 31.2. The van der Waals surface area contributed by atoms with Gasteiger partial charge in [0.2, 0.25) is 0 Å². The van der Waals surface area contributed by atoms with E-state index in [1.165, 1.54) is 12.1 Å². The molecule has 3 aromatic carbocycles. The van der Waals surface area contributed by atoms with E-state index in [0.29, 0.717) is 12.0 Å². The smallest absolute Gasteiger partial charge is 0.508 e. The van der Waals surface area contributed by atoms with Gasteiger partial charge in [0.1, 0.15) is 17.2 Å². The first-order chi connectivity index (χ1) is 14.9. The molecule has 0 heterocycles. The lowest BCUT2D eigenvalue weighted by atomic mass is 9.86. The van der Waals surface area contributed by atoms with E-state index in [9.17, 15) is 19.4 Å². The third-order valence-electron chi connectivity index (χ3n) is 4.78. The number of hydrogen-bond donors (Lipinski definition) is 2. The molecule has 31 heavy (non-hydrogen) atoms. The van der Waals surface area contributed by atoms with E-state index in [0.717, 1.165) is 18.4 Å². The molecule has 3 aromatic rings. The summed E-state index contributed by atoms with van der Waals surface area (Å²) in [6.07, 6.45) is 2.54. The van der Waals surface area contributed by atoms with E-state index >= 15 is 0 Å². The average Bonchev–Trinajstić information content (AvgIpc) is 2.75. The molecule has 0 spiro atoms. The normalized spacial score (nSPS) is 13.7. The van der Waals surface area contributed by atoms with Crippen LogP contribution in [0.1, 0.15) is 48.0 Å². The van der Waals surface area contributed by atoms with Crippen molar-refractivity contribution in [2.24, 2.45) is 0 Å². The molecule has 162 valence electrons. The van der Waals surface area contributed by atoms with E-state index in [4.69, 9.17) is 9.05 Å². The number of Topliss-reactive ketones (excluding diaryl/α,β-unsaturated/α-hetero) is 1. The van der Waals surface area contributed by atoms with Gasteiger partial charge < -0.3 is 14.2 Å². The summed E-state index contributed by atoms with van der Waals surface area (Å²) < 4.78 is 22.4. The third kappa shape index (κ3) is 6.45. The number of carbonyl (C=O) groups excluding carboxylic acids is 1. The predicted molar refractivity (Wildman–Crippen MR) is 119 cm³/mol. The second-order valence-electron chi connectivity index (χ2n) is 7.14. The minimum absolute atomic E-state index is 0.0570. The molecule has 0 bridgehead atoms. The van der Waals surface area contributed by atoms with Crippen LogP contribution >= 0.6 is 7.82 Å². The Balaban J connectivity index is 1.73. The van der Waals surface area contributed by atoms with E-state index < -0.39 is 7.82 Å². The van der Waals surface area contributed by atoms with Crippen LogP contribution in [0.25, 0.3) is 0 Å². The Kier molecular flexibility index (Phi) is 7.50. The van der Waals surface area contributed by atoms with Gasteiger partial charge in [0.25, 0.3) is 0 Å². The first-order valence-corrected chi connectivity index (χ1v) is 11.6. The van der Waals surface area contributed by atoms with E-state index in [2.05, 4.69) is 6.92 Å². The zero-order valence-corrected chi connectivity index (χ0v) is 18.1. The molecule has 2 atom stereocenters. The quantitative estimate of drug-likeness (QED) is 0.292. The predicted octanol–water partition coefficient (Wildman–Crippen LogP) is 6.11. The number of phosphoric ester groups is 1. The van der Waals surface area contributed by atoms with Crippen molar-refractivity contribution in [3.63, 3.8) is 0 Å². The fourth-order valence-electron chi connectivity index (χ4n) is 3.21.